The zero-order chi connectivity index (χ0) is 16.2. The van der Waals surface area contributed by atoms with E-state index in [4.69, 9.17) is 10.5 Å². The van der Waals surface area contributed by atoms with Crippen LogP contribution in [0.25, 0.3) is 11.4 Å². The van der Waals surface area contributed by atoms with Crippen molar-refractivity contribution in [3.8, 4) is 11.4 Å². The van der Waals surface area contributed by atoms with Crippen molar-refractivity contribution in [1.82, 2.24) is 19.9 Å². The van der Waals surface area contributed by atoms with E-state index in [2.05, 4.69) is 15.0 Å². The van der Waals surface area contributed by atoms with Gasteiger partial charge in [-0.25, -0.2) is 15.0 Å². The molecule has 0 spiro atoms. The van der Waals surface area contributed by atoms with Crippen molar-refractivity contribution in [3.05, 3.63) is 42.0 Å². The van der Waals surface area contributed by atoms with Crippen LogP contribution in [-0.4, -0.2) is 51.7 Å². The predicted molar refractivity (Wildman–Crippen MR) is 84.4 cm³/mol. The van der Waals surface area contributed by atoms with Gasteiger partial charge in [-0.05, 0) is 31.5 Å². The molecule has 7 heteroatoms. The molecule has 0 bridgehead atoms. The molecular weight excluding hydrogens is 294 g/mol. The summed E-state index contributed by atoms with van der Waals surface area (Å²) in [6, 6.07) is 5.40. The molecule has 23 heavy (non-hydrogen) atoms. The maximum absolute atomic E-state index is 13.0. The third-order valence-electron chi connectivity index (χ3n) is 3.71. The minimum absolute atomic E-state index is 0.202. The van der Waals surface area contributed by atoms with Gasteiger partial charge in [0.25, 0.3) is 5.91 Å². The summed E-state index contributed by atoms with van der Waals surface area (Å²) < 4.78 is 5.58. The smallest absolute Gasteiger partial charge is 0.275 e. The first-order chi connectivity index (χ1) is 11.2. The fraction of sp³-hybridized carbons (Fsp3) is 0.375. The number of aryl methyl sites for hydroxylation is 1. The lowest BCUT2D eigenvalue weighted by atomic mass is 10.1. The van der Waals surface area contributed by atoms with Crippen molar-refractivity contribution in [3.63, 3.8) is 0 Å². The van der Waals surface area contributed by atoms with Crippen molar-refractivity contribution < 1.29 is 9.53 Å². The maximum Gasteiger partial charge on any atom is 0.275 e. The normalized spacial score (nSPS) is 18.0. The topological polar surface area (TPSA) is 94.2 Å². The van der Waals surface area contributed by atoms with E-state index in [1.807, 2.05) is 19.1 Å². The molecule has 0 saturated carbocycles. The second kappa shape index (κ2) is 6.80. The van der Waals surface area contributed by atoms with Gasteiger partial charge >= 0.3 is 0 Å². The molecule has 120 valence electrons. The number of rotatable bonds is 3. The van der Waals surface area contributed by atoms with Gasteiger partial charge in [0.05, 0.1) is 12.2 Å². The first-order valence-electron chi connectivity index (χ1n) is 7.58. The van der Waals surface area contributed by atoms with Gasteiger partial charge in [-0.1, -0.05) is 0 Å². The first kappa shape index (κ1) is 15.5. The molecule has 1 amide bonds. The fourth-order valence-corrected chi connectivity index (χ4v) is 2.59. The third kappa shape index (κ3) is 3.20. The van der Waals surface area contributed by atoms with E-state index in [9.17, 15) is 4.79 Å². The van der Waals surface area contributed by atoms with Crippen LogP contribution in [0.5, 0.6) is 0 Å². The number of ether oxygens (including phenoxy) is 1. The van der Waals surface area contributed by atoms with Crippen LogP contribution < -0.4 is 5.73 Å². The summed E-state index contributed by atoms with van der Waals surface area (Å²) in [5.41, 5.74) is 7.43. The van der Waals surface area contributed by atoms with Gasteiger partial charge in [-0.3, -0.25) is 4.79 Å². The molecule has 2 N–H and O–H groups in total. The summed E-state index contributed by atoms with van der Waals surface area (Å²) in [6.45, 7) is 3.32. The number of hydrogen-bond donors (Lipinski definition) is 1. The first-order valence-corrected chi connectivity index (χ1v) is 7.58. The Labute approximate surface area is 134 Å². The summed E-state index contributed by atoms with van der Waals surface area (Å²) >= 11 is 0. The molecule has 0 aromatic carbocycles. The quantitative estimate of drug-likeness (QED) is 0.908. The summed E-state index contributed by atoms with van der Waals surface area (Å²) in [4.78, 5) is 27.5. The predicted octanol–water partition coefficient (Wildman–Crippen LogP) is 0.994. The van der Waals surface area contributed by atoms with Crippen LogP contribution in [0.4, 0.5) is 0 Å². The highest BCUT2D eigenvalue weighted by Crippen LogP contribution is 2.22. The van der Waals surface area contributed by atoms with Gasteiger partial charge in [0.15, 0.2) is 5.82 Å². The summed E-state index contributed by atoms with van der Waals surface area (Å²) in [5, 5.41) is 0. The summed E-state index contributed by atoms with van der Waals surface area (Å²) in [5.74, 6) is 0.275. The minimum atomic E-state index is -0.414. The molecule has 0 aliphatic carbocycles. The SMILES string of the molecule is Cc1ccc(-c2ncccn2)c(C(=O)N2CCCOC2CN)n1. The Morgan fingerprint density at radius 1 is 1.39 bits per heavy atom. The Bertz CT molecular complexity index is 692. The molecule has 2 aromatic rings. The average Bonchev–Trinajstić information content (AvgIpc) is 2.61. The van der Waals surface area contributed by atoms with Crippen molar-refractivity contribution in [1.29, 1.82) is 0 Å². The maximum atomic E-state index is 13.0. The Morgan fingerprint density at radius 2 is 2.17 bits per heavy atom. The molecule has 0 radical (unpaired) electrons. The monoisotopic (exact) mass is 313 g/mol. The molecule has 1 fully saturated rings. The molecule has 1 aliphatic heterocycles. The van der Waals surface area contributed by atoms with Crippen molar-refractivity contribution in [2.24, 2.45) is 5.73 Å². The molecule has 1 saturated heterocycles. The van der Waals surface area contributed by atoms with E-state index in [1.54, 1.807) is 23.4 Å². The summed E-state index contributed by atoms with van der Waals surface area (Å²) in [6.07, 6.45) is 3.65. The lowest BCUT2D eigenvalue weighted by molar-refractivity contribution is -0.0714. The Balaban J connectivity index is 2.01. The highest BCUT2D eigenvalue weighted by atomic mass is 16.5. The van der Waals surface area contributed by atoms with Crippen LogP contribution in [0.3, 0.4) is 0 Å². The fourth-order valence-electron chi connectivity index (χ4n) is 2.59. The van der Waals surface area contributed by atoms with Crippen LogP contribution in [0.1, 0.15) is 22.6 Å². The van der Waals surface area contributed by atoms with Crippen LogP contribution >= 0.6 is 0 Å². The van der Waals surface area contributed by atoms with E-state index in [-0.39, 0.29) is 12.5 Å². The highest BCUT2D eigenvalue weighted by molar-refractivity contribution is 5.98. The number of carbonyl (C=O) groups is 1. The van der Waals surface area contributed by atoms with Crippen molar-refractivity contribution >= 4 is 5.91 Å². The number of amides is 1. The van der Waals surface area contributed by atoms with Gasteiger partial charge in [-0.15, -0.1) is 0 Å². The standard InChI is InChI=1S/C16H19N5O2/c1-11-4-5-12(15-18-6-2-7-19-15)14(20-11)16(22)21-8-3-9-23-13(21)10-17/h2,4-7,13H,3,8-10,17H2,1H3. The van der Waals surface area contributed by atoms with Gasteiger partial charge in [0, 0.05) is 31.2 Å². The molecule has 1 atom stereocenters. The van der Waals surface area contributed by atoms with Crippen LogP contribution in [0.15, 0.2) is 30.6 Å². The third-order valence-corrected chi connectivity index (χ3v) is 3.71. The van der Waals surface area contributed by atoms with Crippen molar-refractivity contribution in [2.75, 3.05) is 19.7 Å². The number of carbonyl (C=O) groups excluding carboxylic acids is 1. The highest BCUT2D eigenvalue weighted by Gasteiger charge is 2.30. The lowest BCUT2D eigenvalue weighted by Gasteiger charge is -2.34. The number of nitrogens with two attached hydrogens (primary N) is 1. The molecular formula is C16H19N5O2. The van der Waals surface area contributed by atoms with Crippen LogP contribution in [0, 0.1) is 6.92 Å². The lowest BCUT2D eigenvalue weighted by Crippen LogP contribution is -2.50. The molecule has 2 aromatic heterocycles. The number of aromatic nitrogens is 3. The van der Waals surface area contributed by atoms with E-state index >= 15 is 0 Å². The van der Waals surface area contributed by atoms with Gasteiger partial charge in [-0.2, -0.15) is 0 Å². The van der Waals surface area contributed by atoms with Crippen molar-refractivity contribution in [2.45, 2.75) is 19.6 Å². The van der Waals surface area contributed by atoms with Gasteiger partial charge < -0.3 is 15.4 Å². The van der Waals surface area contributed by atoms with Crippen LogP contribution in [0.2, 0.25) is 0 Å². The Hall–Kier alpha value is -2.38. The minimum Gasteiger partial charge on any atom is -0.357 e. The largest absolute Gasteiger partial charge is 0.357 e. The number of nitrogens with zero attached hydrogens (tertiary/aromatic N) is 4. The van der Waals surface area contributed by atoms with Crippen LogP contribution in [-0.2, 0) is 4.74 Å². The van der Waals surface area contributed by atoms with E-state index < -0.39 is 6.23 Å². The number of hydrogen-bond acceptors (Lipinski definition) is 6. The molecule has 1 aliphatic rings. The molecule has 1 unspecified atom stereocenters. The average molecular weight is 313 g/mol. The van der Waals surface area contributed by atoms with E-state index in [0.29, 0.717) is 30.2 Å². The number of pyridine rings is 1. The second-order valence-corrected chi connectivity index (χ2v) is 5.33. The van der Waals surface area contributed by atoms with E-state index in [1.165, 1.54) is 0 Å². The van der Waals surface area contributed by atoms with E-state index in [0.717, 1.165) is 12.1 Å². The second-order valence-electron chi connectivity index (χ2n) is 5.33. The zero-order valence-electron chi connectivity index (χ0n) is 13.0. The molecule has 3 rings (SSSR count). The molecule has 7 nitrogen and oxygen atoms in total. The zero-order valence-corrected chi connectivity index (χ0v) is 13.0. The van der Waals surface area contributed by atoms with Gasteiger partial charge in [0.2, 0.25) is 0 Å². The molecule has 3 heterocycles. The van der Waals surface area contributed by atoms with Gasteiger partial charge in [0.1, 0.15) is 11.9 Å². The Kier molecular flexibility index (Phi) is 4.59. The Morgan fingerprint density at radius 3 is 2.91 bits per heavy atom. The summed E-state index contributed by atoms with van der Waals surface area (Å²) in [7, 11) is 0.